The molecule has 1 heterocycles. The number of unbranched alkanes of at least 4 members (excludes halogenated alkanes) is 1. The van der Waals surface area contributed by atoms with Gasteiger partial charge in [0.2, 0.25) is 5.91 Å². The monoisotopic (exact) mass is 443 g/mol. The third-order valence-corrected chi connectivity index (χ3v) is 6.37. The van der Waals surface area contributed by atoms with Gasteiger partial charge in [-0.3, -0.25) is 9.59 Å². The highest BCUT2D eigenvalue weighted by Crippen LogP contribution is 2.31. The van der Waals surface area contributed by atoms with Crippen molar-refractivity contribution in [2.75, 3.05) is 17.6 Å². The summed E-state index contributed by atoms with van der Waals surface area (Å²) in [6.45, 7) is 2.76. The molecule has 0 radical (unpaired) electrons. The SMILES string of the molecule is CCCCNC(=O)CSc1nc2ccc(NC(=O)c3ccccc3C(=O)O)cc2s1. The molecule has 7 nitrogen and oxygen atoms in total. The molecule has 2 aromatic carbocycles. The second-order valence-electron chi connectivity index (χ2n) is 6.46. The van der Waals surface area contributed by atoms with Crippen LogP contribution in [0.25, 0.3) is 10.2 Å². The molecule has 0 bridgehead atoms. The van der Waals surface area contributed by atoms with Crippen LogP contribution in [0, 0.1) is 0 Å². The van der Waals surface area contributed by atoms with Gasteiger partial charge in [-0.25, -0.2) is 9.78 Å². The van der Waals surface area contributed by atoms with E-state index in [2.05, 4.69) is 22.5 Å². The van der Waals surface area contributed by atoms with E-state index in [4.69, 9.17) is 0 Å². The Morgan fingerprint density at radius 2 is 1.90 bits per heavy atom. The molecular weight excluding hydrogens is 422 g/mol. The predicted octanol–water partition coefficient (Wildman–Crippen LogP) is 4.26. The Morgan fingerprint density at radius 1 is 1.13 bits per heavy atom. The average molecular weight is 444 g/mol. The van der Waals surface area contributed by atoms with Crippen LogP contribution in [0.2, 0.25) is 0 Å². The largest absolute Gasteiger partial charge is 0.478 e. The zero-order valence-electron chi connectivity index (χ0n) is 16.3. The number of thiazole rings is 1. The van der Waals surface area contributed by atoms with E-state index < -0.39 is 11.9 Å². The summed E-state index contributed by atoms with van der Waals surface area (Å²) >= 11 is 2.82. The molecule has 0 saturated heterocycles. The van der Waals surface area contributed by atoms with E-state index in [9.17, 15) is 19.5 Å². The second kappa shape index (κ2) is 10.2. The topological polar surface area (TPSA) is 108 Å². The maximum absolute atomic E-state index is 12.5. The van der Waals surface area contributed by atoms with Crippen LogP contribution in [0.1, 0.15) is 40.5 Å². The predicted molar refractivity (Wildman–Crippen MR) is 120 cm³/mol. The summed E-state index contributed by atoms with van der Waals surface area (Å²) in [5.41, 5.74) is 1.37. The normalized spacial score (nSPS) is 10.7. The van der Waals surface area contributed by atoms with E-state index in [0.29, 0.717) is 18.0 Å². The third kappa shape index (κ3) is 5.58. The Hall–Kier alpha value is -2.91. The van der Waals surface area contributed by atoms with E-state index in [-0.39, 0.29) is 17.0 Å². The molecule has 0 aliphatic rings. The van der Waals surface area contributed by atoms with Crippen molar-refractivity contribution in [3.8, 4) is 0 Å². The molecule has 2 amide bonds. The van der Waals surface area contributed by atoms with Crippen LogP contribution in [0.4, 0.5) is 5.69 Å². The average Bonchev–Trinajstić information content (AvgIpc) is 3.14. The van der Waals surface area contributed by atoms with Gasteiger partial charge in [0.1, 0.15) is 0 Å². The van der Waals surface area contributed by atoms with Crippen molar-refractivity contribution in [3.63, 3.8) is 0 Å². The number of benzene rings is 2. The Bertz CT molecular complexity index is 1080. The summed E-state index contributed by atoms with van der Waals surface area (Å²) < 4.78 is 1.64. The van der Waals surface area contributed by atoms with Gasteiger partial charge in [0.05, 0.1) is 27.1 Å². The minimum Gasteiger partial charge on any atom is -0.478 e. The summed E-state index contributed by atoms with van der Waals surface area (Å²) in [4.78, 5) is 40.2. The molecule has 3 aromatic rings. The molecule has 0 fully saturated rings. The highest BCUT2D eigenvalue weighted by Gasteiger charge is 2.16. The van der Waals surface area contributed by atoms with Gasteiger partial charge in [0, 0.05) is 12.2 Å². The van der Waals surface area contributed by atoms with Crippen LogP contribution in [-0.4, -0.2) is 40.2 Å². The molecule has 0 unspecified atom stereocenters. The standard InChI is InChI=1S/C21H21N3O4S2/c1-2-3-10-22-18(25)12-29-21-24-16-9-8-13(11-17(16)30-21)23-19(26)14-6-4-5-7-15(14)20(27)28/h4-9,11H,2-3,10,12H2,1H3,(H,22,25)(H,23,26)(H,27,28). The molecule has 0 saturated carbocycles. The smallest absolute Gasteiger partial charge is 0.336 e. The number of rotatable bonds is 9. The third-order valence-electron chi connectivity index (χ3n) is 4.21. The van der Waals surface area contributed by atoms with Gasteiger partial charge in [-0.1, -0.05) is 37.2 Å². The fraction of sp³-hybridized carbons (Fsp3) is 0.238. The first-order chi connectivity index (χ1) is 14.5. The lowest BCUT2D eigenvalue weighted by atomic mass is 10.1. The first kappa shape index (κ1) is 21.8. The molecule has 0 aliphatic carbocycles. The Balaban J connectivity index is 1.67. The van der Waals surface area contributed by atoms with Gasteiger partial charge in [0.15, 0.2) is 4.34 Å². The number of fused-ring (bicyclic) bond motifs is 1. The number of aromatic nitrogens is 1. The summed E-state index contributed by atoms with van der Waals surface area (Å²) in [6.07, 6.45) is 2.00. The number of nitrogens with one attached hydrogen (secondary N) is 2. The summed E-state index contributed by atoms with van der Waals surface area (Å²) in [7, 11) is 0. The maximum atomic E-state index is 12.5. The van der Waals surface area contributed by atoms with Crippen LogP contribution in [0.5, 0.6) is 0 Å². The Kier molecular flexibility index (Phi) is 7.42. The summed E-state index contributed by atoms with van der Waals surface area (Å²) in [5, 5.41) is 14.9. The number of thioether (sulfide) groups is 1. The molecule has 0 atom stereocenters. The van der Waals surface area contributed by atoms with Crippen molar-refractivity contribution in [3.05, 3.63) is 53.6 Å². The highest BCUT2D eigenvalue weighted by molar-refractivity contribution is 8.01. The number of nitrogens with zero attached hydrogens (tertiary/aromatic N) is 1. The van der Waals surface area contributed by atoms with Crippen LogP contribution in [-0.2, 0) is 4.79 Å². The number of hydrogen-bond donors (Lipinski definition) is 3. The lowest BCUT2D eigenvalue weighted by Gasteiger charge is -2.07. The number of aromatic carboxylic acids is 1. The number of anilines is 1. The van der Waals surface area contributed by atoms with Crippen molar-refractivity contribution in [2.24, 2.45) is 0 Å². The van der Waals surface area contributed by atoms with E-state index in [1.807, 2.05) is 0 Å². The van der Waals surface area contributed by atoms with Gasteiger partial charge < -0.3 is 15.7 Å². The maximum Gasteiger partial charge on any atom is 0.336 e. The van der Waals surface area contributed by atoms with Crippen molar-refractivity contribution in [2.45, 2.75) is 24.1 Å². The lowest BCUT2D eigenvalue weighted by Crippen LogP contribution is -2.25. The molecule has 9 heteroatoms. The van der Waals surface area contributed by atoms with E-state index in [1.54, 1.807) is 30.3 Å². The number of hydrogen-bond acceptors (Lipinski definition) is 6. The van der Waals surface area contributed by atoms with Crippen molar-refractivity contribution in [1.29, 1.82) is 0 Å². The minimum atomic E-state index is -1.15. The lowest BCUT2D eigenvalue weighted by molar-refractivity contribution is -0.118. The van der Waals surface area contributed by atoms with Crippen molar-refractivity contribution < 1.29 is 19.5 Å². The minimum absolute atomic E-state index is 0.0160. The zero-order valence-corrected chi connectivity index (χ0v) is 17.9. The number of carbonyl (C=O) groups is 3. The van der Waals surface area contributed by atoms with Gasteiger partial charge in [-0.05, 0) is 36.8 Å². The van der Waals surface area contributed by atoms with Crippen LogP contribution in [0.15, 0.2) is 46.8 Å². The van der Waals surface area contributed by atoms with Crippen molar-refractivity contribution in [1.82, 2.24) is 10.3 Å². The van der Waals surface area contributed by atoms with E-state index in [1.165, 1.54) is 35.2 Å². The fourth-order valence-corrected chi connectivity index (χ4v) is 4.63. The number of carboxylic acids is 1. The van der Waals surface area contributed by atoms with Gasteiger partial charge in [-0.2, -0.15) is 0 Å². The van der Waals surface area contributed by atoms with E-state index >= 15 is 0 Å². The second-order valence-corrected chi connectivity index (χ2v) is 8.71. The molecule has 3 N–H and O–H groups in total. The van der Waals surface area contributed by atoms with Gasteiger partial charge in [0.25, 0.3) is 5.91 Å². The summed E-state index contributed by atoms with van der Waals surface area (Å²) in [5.74, 6) is -1.36. The Morgan fingerprint density at radius 3 is 2.63 bits per heavy atom. The highest BCUT2D eigenvalue weighted by atomic mass is 32.2. The number of carboxylic acid groups (broad SMARTS) is 1. The molecule has 0 spiro atoms. The van der Waals surface area contributed by atoms with Gasteiger partial charge >= 0.3 is 5.97 Å². The number of carbonyl (C=O) groups excluding carboxylic acids is 2. The van der Waals surface area contributed by atoms with Gasteiger partial charge in [-0.15, -0.1) is 11.3 Å². The van der Waals surface area contributed by atoms with Crippen molar-refractivity contribution >= 4 is 56.8 Å². The molecular formula is C21H21N3O4S2. The Labute approximate surface area is 181 Å². The van der Waals surface area contributed by atoms with Crippen LogP contribution >= 0.6 is 23.1 Å². The van der Waals surface area contributed by atoms with E-state index in [0.717, 1.165) is 27.4 Å². The first-order valence-electron chi connectivity index (χ1n) is 9.41. The number of amides is 2. The molecule has 30 heavy (non-hydrogen) atoms. The van der Waals surface area contributed by atoms with Crippen LogP contribution < -0.4 is 10.6 Å². The first-order valence-corrected chi connectivity index (χ1v) is 11.2. The zero-order chi connectivity index (χ0) is 21.5. The summed E-state index contributed by atoms with van der Waals surface area (Å²) in [6, 6.07) is 11.4. The quantitative estimate of drug-likeness (QED) is 0.337. The molecule has 156 valence electrons. The fourth-order valence-electron chi connectivity index (χ4n) is 2.69. The van der Waals surface area contributed by atoms with Crippen LogP contribution in [0.3, 0.4) is 0 Å². The molecule has 3 rings (SSSR count). The molecule has 1 aromatic heterocycles. The molecule has 0 aliphatic heterocycles.